The summed E-state index contributed by atoms with van der Waals surface area (Å²) in [4.78, 5) is 0.178. The third-order valence-corrected chi connectivity index (χ3v) is 6.47. The maximum absolute atomic E-state index is 13.3. The molecule has 156 valence electrons. The number of nitrogens with zero attached hydrogens (tertiary/aromatic N) is 1. The largest absolute Gasteiger partial charge is 0.623 e. The number of sulfonamides is 1. The number of nitrogens with one attached hydrogen (secondary N) is 1. The summed E-state index contributed by atoms with van der Waals surface area (Å²) in [7, 11) is -3.74. The van der Waals surface area contributed by atoms with Crippen molar-refractivity contribution in [3.8, 4) is 0 Å². The van der Waals surface area contributed by atoms with Crippen molar-refractivity contribution in [2.24, 2.45) is 0 Å². The zero-order valence-corrected chi connectivity index (χ0v) is 18.2. The minimum Gasteiger partial charge on any atom is -0.623 e. The Labute approximate surface area is 178 Å². The van der Waals surface area contributed by atoms with Gasteiger partial charge >= 0.3 is 0 Å². The lowest BCUT2D eigenvalue weighted by molar-refractivity contribution is -0.505. The SMILES string of the molecule is C/C(c1ccccc1)=[N+](/[O-])C(CNS(=O)(=O)c1ccc(C)cc1)c1cccc(C)c1. The van der Waals surface area contributed by atoms with Gasteiger partial charge in [-0.2, -0.15) is 0 Å². The third kappa shape index (κ3) is 5.14. The molecular weight excluding hydrogens is 396 g/mol. The smallest absolute Gasteiger partial charge is 0.240 e. The summed E-state index contributed by atoms with van der Waals surface area (Å²) >= 11 is 0. The van der Waals surface area contributed by atoms with Gasteiger partial charge in [0.05, 0.1) is 11.4 Å². The third-order valence-electron chi connectivity index (χ3n) is 5.03. The molecule has 0 fully saturated rings. The van der Waals surface area contributed by atoms with Gasteiger partial charge < -0.3 is 5.21 Å². The molecule has 0 aliphatic carbocycles. The molecule has 1 unspecified atom stereocenters. The van der Waals surface area contributed by atoms with Crippen molar-refractivity contribution < 1.29 is 13.2 Å². The molecular formula is C24H26N2O3S. The summed E-state index contributed by atoms with van der Waals surface area (Å²) in [5.74, 6) is 0. The van der Waals surface area contributed by atoms with E-state index in [9.17, 15) is 13.6 Å². The lowest BCUT2D eigenvalue weighted by atomic mass is 10.0. The Kier molecular flexibility index (Phi) is 6.70. The second-order valence-corrected chi connectivity index (χ2v) is 9.14. The van der Waals surface area contributed by atoms with Crippen LogP contribution in [0.15, 0.2) is 83.8 Å². The van der Waals surface area contributed by atoms with Crippen LogP contribution in [0.5, 0.6) is 0 Å². The first-order valence-corrected chi connectivity index (χ1v) is 11.2. The van der Waals surface area contributed by atoms with E-state index in [-0.39, 0.29) is 11.4 Å². The van der Waals surface area contributed by atoms with Gasteiger partial charge in [0.25, 0.3) is 0 Å². The van der Waals surface area contributed by atoms with Crippen molar-refractivity contribution >= 4 is 15.7 Å². The standard InChI is InChI=1S/C24H26N2O3S/c1-18-12-14-23(15-13-18)30(28,29)25-17-24(22-11-7-8-19(2)16-22)26(27)20(3)21-9-5-4-6-10-21/h4-16,24-25H,17H2,1-3H3/b26-20-. The summed E-state index contributed by atoms with van der Waals surface area (Å²) in [6, 6.07) is 22.9. The van der Waals surface area contributed by atoms with Gasteiger partial charge in [0.2, 0.25) is 16.1 Å². The van der Waals surface area contributed by atoms with Gasteiger partial charge in [-0.3, -0.25) is 0 Å². The van der Waals surface area contributed by atoms with E-state index in [1.54, 1.807) is 31.2 Å². The van der Waals surface area contributed by atoms with Crippen LogP contribution in [0, 0.1) is 19.1 Å². The van der Waals surface area contributed by atoms with Gasteiger partial charge in [-0.1, -0.05) is 59.7 Å². The van der Waals surface area contributed by atoms with Crippen LogP contribution in [0.25, 0.3) is 0 Å². The van der Waals surface area contributed by atoms with E-state index < -0.39 is 16.1 Å². The number of hydrogen-bond donors (Lipinski definition) is 1. The molecule has 1 atom stereocenters. The van der Waals surface area contributed by atoms with Gasteiger partial charge in [0.15, 0.2) is 5.71 Å². The molecule has 5 nitrogen and oxygen atoms in total. The van der Waals surface area contributed by atoms with E-state index in [1.165, 1.54) is 0 Å². The molecule has 0 heterocycles. The Morgan fingerprint density at radius 1 is 0.933 bits per heavy atom. The Bertz CT molecular complexity index is 1140. The molecule has 6 heteroatoms. The summed E-state index contributed by atoms with van der Waals surface area (Å²) in [5, 5.41) is 13.3. The van der Waals surface area contributed by atoms with Crippen LogP contribution in [-0.2, 0) is 10.0 Å². The molecule has 3 rings (SSSR count). The number of hydroxylamine groups is 1. The van der Waals surface area contributed by atoms with Crippen molar-refractivity contribution in [1.82, 2.24) is 4.72 Å². The van der Waals surface area contributed by atoms with Crippen molar-refractivity contribution in [3.63, 3.8) is 0 Å². The molecule has 0 aromatic heterocycles. The van der Waals surface area contributed by atoms with Gasteiger partial charge in [-0.25, -0.2) is 17.9 Å². The second kappa shape index (κ2) is 9.24. The quantitative estimate of drug-likeness (QED) is 0.266. The topological polar surface area (TPSA) is 72.2 Å². The normalized spacial score (nSPS) is 13.6. The van der Waals surface area contributed by atoms with E-state index in [2.05, 4.69) is 4.72 Å². The fourth-order valence-corrected chi connectivity index (χ4v) is 4.28. The highest BCUT2D eigenvalue weighted by molar-refractivity contribution is 7.89. The lowest BCUT2D eigenvalue weighted by Crippen LogP contribution is -2.34. The van der Waals surface area contributed by atoms with Gasteiger partial charge in [-0.15, -0.1) is 0 Å². The summed E-state index contributed by atoms with van der Waals surface area (Å²) in [6.07, 6.45) is 0. The molecule has 0 aliphatic rings. The Morgan fingerprint density at radius 2 is 1.60 bits per heavy atom. The fraction of sp³-hybridized carbons (Fsp3) is 0.208. The maximum atomic E-state index is 13.3. The Morgan fingerprint density at radius 3 is 2.23 bits per heavy atom. The van der Waals surface area contributed by atoms with Crippen LogP contribution < -0.4 is 4.72 Å². The number of benzene rings is 3. The zero-order valence-electron chi connectivity index (χ0n) is 17.4. The van der Waals surface area contributed by atoms with Gasteiger partial charge in [-0.05, 0) is 44.2 Å². The number of aryl methyl sites for hydroxylation is 2. The number of rotatable bonds is 7. The summed E-state index contributed by atoms with van der Waals surface area (Å²) in [6.45, 7) is 5.54. The monoisotopic (exact) mass is 422 g/mol. The van der Waals surface area contributed by atoms with Crippen LogP contribution >= 0.6 is 0 Å². The highest BCUT2D eigenvalue weighted by Gasteiger charge is 2.25. The average Bonchev–Trinajstić information content (AvgIpc) is 2.74. The first-order chi connectivity index (χ1) is 14.3. The molecule has 0 bridgehead atoms. The van der Waals surface area contributed by atoms with E-state index in [0.29, 0.717) is 5.71 Å². The Hall–Kier alpha value is -2.96. The van der Waals surface area contributed by atoms with E-state index in [1.807, 2.05) is 68.4 Å². The molecule has 0 spiro atoms. The zero-order chi connectivity index (χ0) is 21.7. The summed E-state index contributed by atoms with van der Waals surface area (Å²) in [5.41, 5.74) is 4.06. The van der Waals surface area contributed by atoms with E-state index >= 15 is 0 Å². The fourth-order valence-electron chi connectivity index (χ4n) is 3.24. The van der Waals surface area contributed by atoms with Gasteiger partial charge in [0, 0.05) is 18.1 Å². The minimum atomic E-state index is -3.74. The van der Waals surface area contributed by atoms with Crippen LogP contribution in [0.3, 0.4) is 0 Å². The Balaban J connectivity index is 1.95. The van der Waals surface area contributed by atoms with Crippen LogP contribution in [0.4, 0.5) is 0 Å². The minimum absolute atomic E-state index is 0.0483. The predicted molar refractivity (Wildman–Crippen MR) is 120 cm³/mol. The lowest BCUT2D eigenvalue weighted by Gasteiger charge is -2.21. The predicted octanol–water partition coefficient (Wildman–Crippen LogP) is 4.34. The molecule has 0 amide bonds. The first kappa shape index (κ1) is 21.7. The van der Waals surface area contributed by atoms with Crippen molar-refractivity contribution in [2.75, 3.05) is 6.54 Å². The van der Waals surface area contributed by atoms with E-state index in [0.717, 1.165) is 27.0 Å². The van der Waals surface area contributed by atoms with Crippen LogP contribution in [0.2, 0.25) is 0 Å². The molecule has 3 aromatic carbocycles. The van der Waals surface area contributed by atoms with E-state index in [4.69, 9.17) is 0 Å². The maximum Gasteiger partial charge on any atom is 0.240 e. The average molecular weight is 423 g/mol. The van der Waals surface area contributed by atoms with Crippen molar-refractivity contribution in [1.29, 1.82) is 0 Å². The molecule has 3 aromatic rings. The van der Waals surface area contributed by atoms with Crippen LogP contribution in [-0.4, -0.2) is 25.4 Å². The van der Waals surface area contributed by atoms with Crippen molar-refractivity contribution in [2.45, 2.75) is 31.7 Å². The highest BCUT2D eigenvalue weighted by Crippen LogP contribution is 2.20. The molecule has 1 N–H and O–H groups in total. The highest BCUT2D eigenvalue weighted by atomic mass is 32.2. The van der Waals surface area contributed by atoms with Crippen LogP contribution in [0.1, 0.15) is 35.2 Å². The van der Waals surface area contributed by atoms with Crippen molar-refractivity contribution in [3.05, 3.63) is 106 Å². The molecule has 0 saturated carbocycles. The first-order valence-electron chi connectivity index (χ1n) is 9.76. The van der Waals surface area contributed by atoms with Gasteiger partial charge in [0.1, 0.15) is 0 Å². The molecule has 0 saturated heterocycles. The molecule has 30 heavy (non-hydrogen) atoms. The second-order valence-electron chi connectivity index (χ2n) is 7.37. The molecule has 0 radical (unpaired) electrons. The molecule has 0 aliphatic heterocycles. The summed E-state index contributed by atoms with van der Waals surface area (Å²) < 4.78 is 29.0. The number of hydrogen-bond acceptors (Lipinski definition) is 3.